The molecule has 0 bridgehead atoms. The average Bonchev–Trinajstić information content (AvgIpc) is 2.39. The summed E-state index contributed by atoms with van der Waals surface area (Å²) in [4.78, 5) is 0. The van der Waals surface area contributed by atoms with E-state index in [1.807, 2.05) is 26.0 Å². The molecule has 21 heavy (non-hydrogen) atoms. The first-order valence-corrected chi connectivity index (χ1v) is 8.05. The molecule has 3 N–H and O–H groups in total. The van der Waals surface area contributed by atoms with Gasteiger partial charge >= 0.3 is 0 Å². The number of aliphatic hydroxyl groups is 1. The van der Waals surface area contributed by atoms with Gasteiger partial charge in [-0.25, -0.2) is 0 Å². The lowest BCUT2D eigenvalue weighted by Crippen LogP contribution is -2.32. The van der Waals surface area contributed by atoms with Gasteiger partial charge < -0.3 is 15.6 Å². The quantitative estimate of drug-likeness (QED) is 0.798. The highest BCUT2D eigenvalue weighted by molar-refractivity contribution is 6.30. The molecule has 0 fully saturated rings. The van der Waals surface area contributed by atoms with Crippen LogP contribution < -0.4 is 10.5 Å². The van der Waals surface area contributed by atoms with Crippen molar-refractivity contribution in [1.29, 1.82) is 0 Å². The van der Waals surface area contributed by atoms with Crippen LogP contribution in [0.15, 0.2) is 12.1 Å². The van der Waals surface area contributed by atoms with Crippen molar-refractivity contribution in [2.45, 2.75) is 65.0 Å². The van der Waals surface area contributed by atoms with E-state index in [9.17, 15) is 5.11 Å². The first-order chi connectivity index (χ1) is 9.77. The Labute approximate surface area is 133 Å². The first kappa shape index (κ1) is 18.3. The zero-order valence-electron chi connectivity index (χ0n) is 13.7. The summed E-state index contributed by atoms with van der Waals surface area (Å²) in [5, 5.41) is 10.7. The molecular weight excluding hydrogens is 286 g/mol. The van der Waals surface area contributed by atoms with Crippen molar-refractivity contribution in [3.8, 4) is 5.75 Å². The molecule has 0 amide bonds. The van der Waals surface area contributed by atoms with Gasteiger partial charge in [0.2, 0.25) is 0 Å². The van der Waals surface area contributed by atoms with Crippen molar-refractivity contribution in [3.63, 3.8) is 0 Å². The van der Waals surface area contributed by atoms with Crippen LogP contribution in [0.3, 0.4) is 0 Å². The van der Waals surface area contributed by atoms with Gasteiger partial charge in [-0.2, -0.15) is 0 Å². The van der Waals surface area contributed by atoms with Crippen LogP contribution in [0.5, 0.6) is 5.75 Å². The highest BCUT2D eigenvalue weighted by Crippen LogP contribution is 2.39. The van der Waals surface area contributed by atoms with Crippen LogP contribution in [0.25, 0.3) is 0 Å². The lowest BCUT2D eigenvalue weighted by Gasteiger charge is -2.24. The summed E-state index contributed by atoms with van der Waals surface area (Å²) in [6.45, 7) is 10.7. The van der Waals surface area contributed by atoms with Crippen molar-refractivity contribution in [2.24, 2.45) is 5.73 Å². The molecule has 4 heteroatoms. The number of rotatable bonds is 7. The molecular formula is C17H28ClNO2. The zero-order chi connectivity index (χ0) is 16.2. The van der Waals surface area contributed by atoms with E-state index in [0.29, 0.717) is 24.0 Å². The van der Waals surface area contributed by atoms with Crippen LogP contribution in [0.2, 0.25) is 5.02 Å². The Balaban J connectivity index is 3.20. The number of ether oxygens (including phenoxy) is 1. The Bertz CT molecular complexity index is 460. The summed E-state index contributed by atoms with van der Waals surface area (Å²) in [5.41, 5.74) is 7.92. The third kappa shape index (κ3) is 4.87. The normalized spacial score (nSPS) is 15.9. The van der Waals surface area contributed by atoms with Gasteiger partial charge in [0, 0.05) is 11.1 Å². The second-order valence-electron chi connectivity index (χ2n) is 6.06. The van der Waals surface area contributed by atoms with E-state index in [1.165, 1.54) is 0 Å². The monoisotopic (exact) mass is 313 g/mol. The maximum atomic E-state index is 10.0. The van der Waals surface area contributed by atoms with Crippen molar-refractivity contribution < 1.29 is 9.84 Å². The molecule has 1 aromatic rings. The minimum Gasteiger partial charge on any atom is -0.493 e. The van der Waals surface area contributed by atoms with Gasteiger partial charge in [0.25, 0.3) is 0 Å². The van der Waals surface area contributed by atoms with Gasteiger partial charge in [-0.15, -0.1) is 0 Å². The molecule has 0 saturated carbocycles. The largest absolute Gasteiger partial charge is 0.493 e. The molecule has 0 aliphatic rings. The molecule has 0 heterocycles. The fourth-order valence-corrected chi connectivity index (χ4v) is 2.68. The Morgan fingerprint density at radius 3 is 2.24 bits per heavy atom. The number of benzene rings is 1. The molecule has 120 valence electrons. The number of hydrogen-bond acceptors (Lipinski definition) is 3. The summed E-state index contributed by atoms with van der Waals surface area (Å²) < 4.78 is 5.88. The van der Waals surface area contributed by atoms with Crippen LogP contribution in [-0.4, -0.2) is 23.9 Å². The topological polar surface area (TPSA) is 55.5 Å². The minimum atomic E-state index is -0.532. The van der Waals surface area contributed by atoms with E-state index in [2.05, 4.69) is 20.8 Å². The maximum absolute atomic E-state index is 10.0. The lowest BCUT2D eigenvalue weighted by molar-refractivity contribution is 0.134. The van der Waals surface area contributed by atoms with Gasteiger partial charge in [-0.3, -0.25) is 0 Å². The van der Waals surface area contributed by atoms with Crippen LogP contribution in [0.4, 0.5) is 0 Å². The van der Waals surface area contributed by atoms with E-state index in [0.717, 1.165) is 16.9 Å². The minimum absolute atomic E-state index is 0.128. The molecule has 1 aromatic carbocycles. The van der Waals surface area contributed by atoms with E-state index >= 15 is 0 Å². The fraction of sp³-hybridized carbons (Fsp3) is 0.647. The molecule has 3 atom stereocenters. The molecule has 0 spiro atoms. The molecule has 0 aliphatic carbocycles. The summed E-state index contributed by atoms with van der Waals surface area (Å²) in [7, 11) is 0. The molecule has 3 unspecified atom stereocenters. The Hall–Kier alpha value is -0.770. The Morgan fingerprint density at radius 2 is 1.76 bits per heavy atom. The first-order valence-electron chi connectivity index (χ1n) is 7.67. The standard InChI is InChI=1S/C17H28ClNO2/c1-6-21-17-14(10(2)3)8-13(18)9-15(17)11(4)7-16(20)12(5)19/h8-12,16,20H,6-7,19H2,1-5H3. The predicted octanol–water partition coefficient (Wildman–Crippen LogP) is 4.06. The van der Waals surface area contributed by atoms with Crippen molar-refractivity contribution in [3.05, 3.63) is 28.3 Å². The predicted molar refractivity (Wildman–Crippen MR) is 89.4 cm³/mol. The van der Waals surface area contributed by atoms with Gasteiger partial charge in [0.15, 0.2) is 0 Å². The van der Waals surface area contributed by atoms with Gasteiger partial charge in [0.1, 0.15) is 5.75 Å². The van der Waals surface area contributed by atoms with Gasteiger partial charge in [-0.05, 0) is 55.4 Å². The molecule has 3 nitrogen and oxygen atoms in total. The molecule has 0 radical (unpaired) electrons. The number of hydrogen-bond donors (Lipinski definition) is 2. The van der Waals surface area contributed by atoms with E-state index < -0.39 is 6.10 Å². The van der Waals surface area contributed by atoms with E-state index in [-0.39, 0.29) is 12.0 Å². The molecule has 0 aromatic heterocycles. The Morgan fingerprint density at radius 1 is 1.19 bits per heavy atom. The van der Waals surface area contributed by atoms with Crippen molar-refractivity contribution in [2.75, 3.05) is 6.61 Å². The third-order valence-electron chi connectivity index (χ3n) is 3.75. The zero-order valence-corrected chi connectivity index (χ0v) is 14.4. The summed E-state index contributed by atoms with van der Waals surface area (Å²) in [5.74, 6) is 1.36. The summed E-state index contributed by atoms with van der Waals surface area (Å²) in [6, 6.07) is 3.67. The number of nitrogens with two attached hydrogens (primary N) is 1. The molecule has 0 saturated heterocycles. The summed E-state index contributed by atoms with van der Waals surface area (Å²) in [6.07, 6.45) is 0.0614. The number of aliphatic hydroxyl groups excluding tert-OH is 1. The Kier molecular flexibility index (Phi) is 6.98. The highest BCUT2D eigenvalue weighted by atomic mass is 35.5. The van der Waals surface area contributed by atoms with Crippen LogP contribution >= 0.6 is 11.6 Å². The van der Waals surface area contributed by atoms with Crippen molar-refractivity contribution >= 4 is 11.6 Å². The smallest absolute Gasteiger partial charge is 0.126 e. The average molecular weight is 314 g/mol. The van der Waals surface area contributed by atoms with Crippen LogP contribution in [-0.2, 0) is 0 Å². The van der Waals surface area contributed by atoms with Crippen LogP contribution in [0, 0.1) is 0 Å². The third-order valence-corrected chi connectivity index (χ3v) is 3.97. The van der Waals surface area contributed by atoms with Crippen LogP contribution in [0.1, 0.15) is 64.0 Å². The van der Waals surface area contributed by atoms with E-state index in [1.54, 1.807) is 0 Å². The van der Waals surface area contributed by atoms with Gasteiger partial charge in [0.05, 0.1) is 12.7 Å². The fourth-order valence-electron chi connectivity index (χ4n) is 2.45. The number of halogens is 1. The SMILES string of the molecule is CCOc1c(C(C)C)cc(Cl)cc1C(C)CC(O)C(C)N. The molecule has 1 rings (SSSR count). The second kappa shape index (κ2) is 8.02. The van der Waals surface area contributed by atoms with Crippen molar-refractivity contribution in [1.82, 2.24) is 0 Å². The molecule has 0 aliphatic heterocycles. The van der Waals surface area contributed by atoms with E-state index in [4.69, 9.17) is 22.1 Å². The second-order valence-corrected chi connectivity index (χ2v) is 6.50. The van der Waals surface area contributed by atoms with Gasteiger partial charge in [-0.1, -0.05) is 32.4 Å². The highest BCUT2D eigenvalue weighted by Gasteiger charge is 2.22. The summed E-state index contributed by atoms with van der Waals surface area (Å²) >= 11 is 6.27. The lowest BCUT2D eigenvalue weighted by atomic mass is 9.89. The maximum Gasteiger partial charge on any atom is 0.126 e.